The number of nitrogens with zero attached hydrogens (tertiary/aromatic N) is 2. The minimum absolute atomic E-state index is 0.465. The molecular weight excluding hydrogens is 304 g/mol. The number of aliphatic hydroxyl groups is 1. The van der Waals surface area contributed by atoms with Crippen LogP contribution in [-0.2, 0) is 4.74 Å². The Labute approximate surface area is 147 Å². The molecule has 140 valence electrons. The van der Waals surface area contributed by atoms with Crippen molar-refractivity contribution in [2.45, 2.75) is 58.1 Å². The van der Waals surface area contributed by atoms with Gasteiger partial charge >= 0.3 is 0 Å². The molecule has 1 saturated heterocycles. The Bertz CT molecular complexity index is 388. The van der Waals surface area contributed by atoms with Crippen molar-refractivity contribution in [3.8, 4) is 0 Å². The summed E-state index contributed by atoms with van der Waals surface area (Å²) in [5.41, 5.74) is -0.593. The van der Waals surface area contributed by atoms with Crippen molar-refractivity contribution in [1.29, 1.82) is 0 Å². The lowest BCUT2D eigenvalue weighted by Crippen LogP contribution is -2.52. The van der Waals surface area contributed by atoms with Crippen LogP contribution in [0.5, 0.6) is 0 Å². The van der Waals surface area contributed by atoms with Crippen molar-refractivity contribution >= 4 is 5.96 Å². The highest BCUT2D eigenvalue weighted by molar-refractivity contribution is 5.79. The summed E-state index contributed by atoms with van der Waals surface area (Å²) in [5, 5.41) is 17.3. The molecule has 0 spiro atoms. The normalized spacial score (nSPS) is 23.5. The molecular formula is C18H36N4O2. The van der Waals surface area contributed by atoms with E-state index in [0.717, 1.165) is 71.0 Å². The van der Waals surface area contributed by atoms with E-state index in [1.807, 2.05) is 0 Å². The van der Waals surface area contributed by atoms with Gasteiger partial charge in [0.15, 0.2) is 5.96 Å². The summed E-state index contributed by atoms with van der Waals surface area (Å²) in [7, 11) is 0. The second-order valence-corrected chi connectivity index (χ2v) is 7.47. The van der Waals surface area contributed by atoms with Gasteiger partial charge in [-0.25, -0.2) is 0 Å². The Kier molecular flexibility index (Phi) is 7.78. The number of aliphatic imine (C=N–C) groups is 1. The molecule has 1 atom stereocenters. The lowest BCUT2D eigenvalue weighted by atomic mass is 10.0. The third-order valence-electron chi connectivity index (χ3n) is 5.17. The van der Waals surface area contributed by atoms with E-state index >= 15 is 0 Å². The van der Waals surface area contributed by atoms with Gasteiger partial charge in [0.05, 0.1) is 25.4 Å². The predicted molar refractivity (Wildman–Crippen MR) is 98.4 cm³/mol. The van der Waals surface area contributed by atoms with E-state index in [4.69, 9.17) is 4.74 Å². The van der Waals surface area contributed by atoms with Crippen molar-refractivity contribution in [2.75, 3.05) is 45.9 Å². The lowest BCUT2D eigenvalue weighted by Gasteiger charge is -2.37. The number of hydrogen-bond donors (Lipinski definition) is 3. The second kappa shape index (κ2) is 9.59. The Morgan fingerprint density at radius 3 is 2.46 bits per heavy atom. The summed E-state index contributed by atoms with van der Waals surface area (Å²) >= 11 is 0. The summed E-state index contributed by atoms with van der Waals surface area (Å²) < 4.78 is 5.47. The van der Waals surface area contributed by atoms with Gasteiger partial charge in [0.2, 0.25) is 0 Å². The predicted octanol–water partition coefficient (Wildman–Crippen LogP) is 1.20. The summed E-state index contributed by atoms with van der Waals surface area (Å²) in [6, 6.07) is 0.465. The van der Waals surface area contributed by atoms with Gasteiger partial charge in [-0.2, -0.15) is 0 Å². The molecule has 24 heavy (non-hydrogen) atoms. The number of morpholine rings is 1. The van der Waals surface area contributed by atoms with Crippen LogP contribution in [0.2, 0.25) is 0 Å². The van der Waals surface area contributed by atoms with Gasteiger partial charge in [-0.1, -0.05) is 26.7 Å². The molecule has 1 unspecified atom stereocenters. The molecule has 1 aliphatic heterocycles. The minimum Gasteiger partial charge on any atom is -0.388 e. The molecule has 0 amide bonds. The number of nitrogens with one attached hydrogen (secondary N) is 2. The first-order valence-electron chi connectivity index (χ1n) is 9.60. The van der Waals surface area contributed by atoms with Gasteiger partial charge < -0.3 is 20.5 Å². The van der Waals surface area contributed by atoms with Gasteiger partial charge in [0.1, 0.15) is 0 Å². The lowest BCUT2D eigenvalue weighted by molar-refractivity contribution is 0.00749. The van der Waals surface area contributed by atoms with Crippen molar-refractivity contribution in [3.05, 3.63) is 0 Å². The smallest absolute Gasteiger partial charge is 0.191 e. The highest BCUT2D eigenvalue weighted by Crippen LogP contribution is 2.29. The van der Waals surface area contributed by atoms with Crippen molar-refractivity contribution in [1.82, 2.24) is 15.5 Å². The van der Waals surface area contributed by atoms with Gasteiger partial charge in [-0.3, -0.25) is 9.89 Å². The molecule has 1 saturated carbocycles. The van der Waals surface area contributed by atoms with E-state index in [2.05, 4.69) is 41.3 Å². The van der Waals surface area contributed by atoms with Gasteiger partial charge in [-0.15, -0.1) is 0 Å². The van der Waals surface area contributed by atoms with Gasteiger partial charge in [0, 0.05) is 32.2 Å². The van der Waals surface area contributed by atoms with Crippen LogP contribution < -0.4 is 10.6 Å². The van der Waals surface area contributed by atoms with Crippen molar-refractivity contribution < 1.29 is 9.84 Å². The molecule has 1 heterocycles. The van der Waals surface area contributed by atoms with E-state index < -0.39 is 5.60 Å². The summed E-state index contributed by atoms with van der Waals surface area (Å²) in [6.07, 6.45) is 3.97. The highest BCUT2D eigenvalue weighted by Gasteiger charge is 2.31. The third-order valence-corrected chi connectivity index (χ3v) is 5.17. The average molecular weight is 341 g/mol. The zero-order valence-corrected chi connectivity index (χ0v) is 15.7. The quantitative estimate of drug-likeness (QED) is 0.480. The highest BCUT2D eigenvalue weighted by atomic mass is 16.5. The van der Waals surface area contributed by atoms with Crippen LogP contribution in [0, 0.1) is 5.92 Å². The Morgan fingerprint density at radius 2 is 1.88 bits per heavy atom. The maximum absolute atomic E-state index is 10.5. The fourth-order valence-corrected chi connectivity index (χ4v) is 3.66. The molecule has 0 aromatic heterocycles. The standard InChI is InChI=1S/C18H36N4O2/c1-4-19-17(21-14-18(23)7-5-6-8-18)20-13-16(15(2)3)22-9-11-24-12-10-22/h15-16,23H,4-14H2,1-3H3,(H2,19,20,21). The maximum Gasteiger partial charge on any atom is 0.191 e. The van der Waals surface area contributed by atoms with E-state index in [1.54, 1.807) is 0 Å². The molecule has 6 heteroatoms. The largest absolute Gasteiger partial charge is 0.388 e. The fourth-order valence-electron chi connectivity index (χ4n) is 3.66. The van der Waals surface area contributed by atoms with Gasteiger partial charge in [-0.05, 0) is 25.7 Å². The second-order valence-electron chi connectivity index (χ2n) is 7.47. The van der Waals surface area contributed by atoms with Crippen LogP contribution in [0.3, 0.4) is 0 Å². The van der Waals surface area contributed by atoms with Crippen molar-refractivity contribution in [3.63, 3.8) is 0 Å². The molecule has 0 aromatic carbocycles. The Hall–Kier alpha value is -0.850. The zero-order valence-electron chi connectivity index (χ0n) is 15.7. The number of guanidine groups is 1. The minimum atomic E-state index is -0.593. The van der Waals surface area contributed by atoms with E-state index in [9.17, 15) is 5.11 Å². The topological polar surface area (TPSA) is 69.1 Å². The molecule has 2 aliphatic rings. The Balaban J connectivity index is 1.90. The van der Waals surface area contributed by atoms with Crippen LogP contribution in [0.25, 0.3) is 0 Å². The molecule has 0 aromatic rings. The molecule has 0 radical (unpaired) electrons. The third kappa shape index (κ3) is 5.90. The van der Waals surface area contributed by atoms with Crippen LogP contribution in [0.1, 0.15) is 46.5 Å². The van der Waals surface area contributed by atoms with Crippen molar-refractivity contribution in [2.24, 2.45) is 10.9 Å². The summed E-state index contributed by atoms with van der Waals surface area (Å²) in [5.74, 6) is 1.38. The summed E-state index contributed by atoms with van der Waals surface area (Å²) in [6.45, 7) is 12.4. The van der Waals surface area contributed by atoms with Crippen LogP contribution in [0.15, 0.2) is 4.99 Å². The summed E-state index contributed by atoms with van der Waals surface area (Å²) in [4.78, 5) is 7.15. The fraction of sp³-hybridized carbons (Fsp3) is 0.944. The van der Waals surface area contributed by atoms with E-state index in [0.29, 0.717) is 18.5 Å². The molecule has 6 nitrogen and oxygen atoms in total. The van der Waals surface area contributed by atoms with Crippen LogP contribution in [-0.4, -0.2) is 73.5 Å². The average Bonchev–Trinajstić information content (AvgIpc) is 3.00. The monoisotopic (exact) mass is 340 g/mol. The number of hydrogen-bond acceptors (Lipinski definition) is 4. The first-order chi connectivity index (χ1) is 11.5. The Morgan fingerprint density at radius 1 is 1.21 bits per heavy atom. The number of rotatable bonds is 7. The van der Waals surface area contributed by atoms with E-state index in [-0.39, 0.29) is 0 Å². The maximum atomic E-state index is 10.5. The molecule has 1 aliphatic carbocycles. The number of ether oxygens (including phenoxy) is 1. The first-order valence-corrected chi connectivity index (χ1v) is 9.60. The zero-order chi connectivity index (χ0) is 17.4. The molecule has 2 fully saturated rings. The van der Waals surface area contributed by atoms with Crippen LogP contribution >= 0.6 is 0 Å². The molecule has 3 N–H and O–H groups in total. The molecule has 2 rings (SSSR count). The van der Waals surface area contributed by atoms with Crippen LogP contribution in [0.4, 0.5) is 0 Å². The van der Waals surface area contributed by atoms with Gasteiger partial charge in [0.25, 0.3) is 0 Å². The SMILES string of the molecule is CCNC(=NCC1(O)CCCC1)NCC(C(C)C)N1CCOCC1. The van der Waals surface area contributed by atoms with E-state index in [1.165, 1.54) is 0 Å². The molecule has 0 bridgehead atoms. The first kappa shape index (κ1) is 19.5.